The second-order valence-corrected chi connectivity index (χ2v) is 7.78. The van der Waals surface area contributed by atoms with Gasteiger partial charge in [-0.3, -0.25) is 0 Å². The monoisotopic (exact) mass is 410 g/mol. The van der Waals surface area contributed by atoms with Crippen LogP contribution in [-0.2, 0) is 11.3 Å². The van der Waals surface area contributed by atoms with Crippen LogP contribution in [0, 0.1) is 0 Å². The van der Waals surface area contributed by atoms with Crippen molar-refractivity contribution in [2.75, 3.05) is 38.6 Å². The quantitative estimate of drug-likeness (QED) is 0.422. The van der Waals surface area contributed by atoms with E-state index in [0.717, 1.165) is 62.7 Å². The molecule has 4 N–H and O–H groups in total. The number of nitrogen functional groups attached to an aromatic ring is 1. The van der Waals surface area contributed by atoms with Crippen molar-refractivity contribution in [1.29, 1.82) is 0 Å². The van der Waals surface area contributed by atoms with Crippen molar-refractivity contribution in [1.82, 2.24) is 4.98 Å². The van der Waals surface area contributed by atoms with Crippen LogP contribution in [0.25, 0.3) is 0 Å². The molecule has 0 saturated carbocycles. The fourth-order valence-electron chi connectivity index (χ4n) is 4.32. The Hall–Kier alpha value is -3.10. The van der Waals surface area contributed by atoms with Gasteiger partial charge in [0.1, 0.15) is 35.9 Å². The number of nitrogens with zero attached hydrogens (tertiary/aromatic N) is 2. The predicted molar refractivity (Wildman–Crippen MR) is 108 cm³/mol. The third-order valence-electron chi connectivity index (χ3n) is 5.89. The molecule has 8 heteroatoms. The van der Waals surface area contributed by atoms with Gasteiger partial charge in [-0.2, -0.15) is 0 Å². The van der Waals surface area contributed by atoms with Crippen molar-refractivity contribution in [3.8, 4) is 17.4 Å². The summed E-state index contributed by atoms with van der Waals surface area (Å²) in [6, 6.07) is 8.87. The number of quaternary nitrogens is 1. The molecule has 1 fully saturated rings. The number of rotatable bonds is 5. The molecule has 0 radical (unpaired) electrons. The summed E-state index contributed by atoms with van der Waals surface area (Å²) in [4.78, 5) is 6.11. The van der Waals surface area contributed by atoms with Crippen molar-refractivity contribution in [3.05, 3.63) is 59.8 Å². The number of aromatic hydroxyl groups is 1. The number of nitrogens with one attached hydrogen (secondary N) is 1. The SMILES string of the molecule is Nc1c2c(nc[n+]1CCC[NH+]1CCOCC1)Oc1cc(O)ccc1[C@@H]2c1ccco1. The van der Waals surface area contributed by atoms with Crippen LogP contribution in [0.5, 0.6) is 17.4 Å². The van der Waals surface area contributed by atoms with Crippen LogP contribution in [0.1, 0.15) is 29.2 Å². The van der Waals surface area contributed by atoms with E-state index in [1.54, 1.807) is 29.6 Å². The fourth-order valence-corrected chi connectivity index (χ4v) is 4.32. The Morgan fingerprint density at radius 3 is 2.90 bits per heavy atom. The number of aryl methyl sites for hydroxylation is 1. The summed E-state index contributed by atoms with van der Waals surface area (Å²) in [6.07, 6.45) is 4.38. The lowest BCUT2D eigenvalue weighted by atomic mass is 9.87. The zero-order valence-corrected chi connectivity index (χ0v) is 16.7. The van der Waals surface area contributed by atoms with Crippen molar-refractivity contribution in [2.45, 2.75) is 18.9 Å². The van der Waals surface area contributed by atoms with Gasteiger partial charge in [0, 0.05) is 18.1 Å². The first kappa shape index (κ1) is 18.9. The molecule has 156 valence electrons. The van der Waals surface area contributed by atoms with Crippen molar-refractivity contribution in [3.63, 3.8) is 0 Å². The second kappa shape index (κ2) is 7.97. The number of nitrogens with two attached hydrogens (primary N) is 1. The summed E-state index contributed by atoms with van der Waals surface area (Å²) in [5, 5.41) is 9.89. The molecule has 2 aromatic heterocycles. The Labute approximate surface area is 174 Å². The lowest BCUT2D eigenvalue weighted by molar-refractivity contribution is -0.910. The molecule has 0 bridgehead atoms. The molecular formula is C22H26N4O4+2. The van der Waals surface area contributed by atoms with Gasteiger partial charge < -0.3 is 29.6 Å². The van der Waals surface area contributed by atoms with Crippen LogP contribution < -0.4 is 19.9 Å². The third-order valence-corrected chi connectivity index (χ3v) is 5.89. The van der Waals surface area contributed by atoms with Gasteiger partial charge in [0.05, 0.1) is 38.5 Å². The first-order valence-corrected chi connectivity index (χ1v) is 10.3. The highest BCUT2D eigenvalue weighted by Gasteiger charge is 2.37. The maximum atomic E-state index is 9.89. The Balaban J connectivity index is 1.46. The summed E-state index contributed by atoms with van der Waals surface area (Å²) in [5.74, 6) is 2.28. The van der Waals surface area contributed by atoms with Crippen LogP contribution in [-0.4, -0.2) is 42.9 Å². The normalized spacial score (nSPS) is 18.5. The molecule has 1 aromatic carbocycles. The van der Waals surface area contributed by atoms with E-state index in [-0.39, 0.29) is 11.7 Å². The van der Waals surface area contributed by atoms with Gasteiger partial charge in [0.15, 0.2) is 0 Å². The Bertz CT molecular complexity index is 1030. The highest BCUT2D eigenvalue weighted by Crippen LogP contribution is 2.48. The van der Waals surface area contributed by atoms with Gasteiger partial charge in [0.25, 0.3) is 0 Å². The van der Waals surface area contributed by atoms with E-state index >= 15 is 0 Å². The van der Waals surface area contributed by atoms with Gasteiger partial charge in [-0.05, 0) is 18.2 Å². The van der Waals surface area contributed by atoms with Crippen LogP contribution in [0.15, 0.2) is 47.3 Å². The highest BCUT2D eigenvalue weighted by molar-refractivity contribution is 5.60. The Kier molecular flexibility index (Phi) is 5.02. The minimum atomic E-state index is -0.246. The first-order chi connectivity index (χ1) is 14.7. The maximum Gasteiger partial charge on any atom is 0.306 e. The largest absolute Gasteiger partial charge is 0.508 e. The summed E-state index contributed by atoms with van der Waals surface area (Å²) < 4.78 is 19.2. The summed E-state index contributed by atoms with van der Waals surface area (Å²) in [6.45, 7) is 5.64. The minimum Gasteiger partial charge on any atom is -0.508 e. The van der Waals surface area contributed by atoms with E-state index in [9.17, 15) is 5.11 Å². The number of hydrogen-bond donors (Lipinski definition) is 3. The Morgan fingerprint density at radius 1 is 1.23 bits per heavy atom. The molecule has 3 aromatic rings. The summed E-state index contributed by atoms with van der Waals surface area (Å²) in [7, 11) is 0. The molecule has 4 heterocycles. The number of benzene rings is 1. The number of morpholine rings is 1. The van der Waals surface area contributed by atoms with Gasteiger partial charge >= 0.3 is 5.88 Å². The van der Waals surface area contributed by atoms with Crippen molar-refractivity contribution < 1.29 is 28.5 Å². The number of hydrogen-bond acceptors (Lipinski definition) is 6. The van der Waals surface area contributed by atoms with E-state index in [2.05, 4.69) is 4.98 Å². The highest BCUT2D eigenvalue weighted by atomic mass is 16.5. The summed E-state index contributed by atoms with van der Waals surface area (Å²) >= 11 is 0. The number of anilines is 1. The lowest BCUT2D eigenvalue weighted by Crippen LogP contribution is -3.14. The third kappa shape index (κ3) is 3.48. The first-order valence-electron chi connectivity index (χ1n) is 10.3. The van der Waals surface area contributed by atoms with Crippen LogP contribution in [0.4, 0.5) is 5.82 Å². The van der Waals surface area contributed by atoms with E-state index in [1.807, 2.05) is 22.8 Å². The van der Waals surface area contributed by atoms with Crippen LogP contribution in [0.2, 0.25) is 0 Å². The second-order valence-electron chi connectivity index (χ2n) is 7.78. The number of phenolic OH excluding ortho intramolecular Hbond substituents is 1. The molecule has 1 saturated heterocycles. The van der Waals surface area contributed by atoms with E-state index in [0.29, 0.717) is 17.4 Å². The van der Waals surface area contributed by atoms with Gasteiger partial charge in [-0.25, -0.2) is 4.57 Å². The standard InChI is InChI=1S/C22H24N4O4/c23-21-20-19(17-3-1-10-29-17)16-5-4-15(27)13-18(16)30-22(20)24-14-26(21)7-2-6-25-8-11-28-12-9-25/h1,3-5,10,13-14,19,23,27H,2,6-9,11-12H2/p+2/t19-/m1/s1. The molecule has 5 rings (SSSR count). The summed E-state index contributed by atoms with van der Waals surface area (Å²) in [5.41, 5.74) is 8.32. The number of phenols is 1. The van der Waals surface area contributed by atoms with Crippen molar-refractivity contribution >= 4 is 5.82 Å². The smallest absolute Gasteiger partial charge is 0.306 e. The molecule has 1 atom stereocenters. The molecule has 0 spiro atoms. The molecule has 0 unspecified atom stereocenters. The van der Waals surface area contributed by atoms with Gasteiger partial charge in [-0.1, -0.05) is 11.1 Å². The van der Waals surface area contributed by atoms with Gasteiger partial charge in [0.2, 0.25) is 12.1 Å². The zero-order chi connectivity index (χ0) is 20.5. The number of ether oxygens (including phenoxy) is 2. The van der Waals surface area contributed by atoms with E-state index < -0.39 is 0 Å². The van der Waals surface area contributed by atoms with Crippen molar-refractivity contribution in [2.24, 2.45) is 0 Å². The molecule has 8 nitrogen and oxygen atoms in total. The average molecular weight is 410 g/mol. The average Bonchev–Trinajstić information content (AvgIpc) is 3.29. The van der Waals surface area contributed by atoms with Crippen LogP contribution in [0.3, 0.4) is 0 Å². The molecular weight excluding hydrogens is 384 g/mol. The fraction of sp³-hybridized carbons (Fsp3) is 0.364. The number of furan rings is 1. The maximum absolute atomic E-state index is 9.89. The minimum absolute atomic E-state index is 0.139. The Morgan fingerprint density at radius 2 is 2.10 bits per heavy atom. The molecule has 30 heavy (non-hydrogen) atoms. The lowest BCUT2D eigenvalue weighted by Gasteiger charge is -2.26. The predicted octanol–water partition coefficient (Wildman–Crippen LogP) is 0.841. The van der Waals surface area contributed by atoms with E-state index in [4.69, 9.17) is 19.6 Å². The van der Waals surface area contributed by atoms with Gasteiger partial charge in [-0.15, -0.1) is 0 Å². The molecule has 2 aliphatic rings. The molecule has 0 aliphatic carbocycles. The number of fused-ring (bicyclic) bond motifs is 2. The van der Waals surface area contributed by atoms with E-state index in [1.165, 1.54) is 0 Å². The van der Waals surface area contributed by atoms with Crippen LogP contribution >= 0.6 is 0 Å². The zero-order valence-electron chi connectivity index (χ0n) is 16.7. The molecule has 0 amide bonds. The number of aromatic nitrogens is 2. The molecule has 2 aliphatic heterocycles. The topological polar surface area (TPSA) is 99.1 Å².